The molecule has 1 atom stereocenters. The van der Waals surface area contributed by atoms with Gasteiger partial charge in [-0.25, -0.2) is 0 Å². The molecule has 1 heterocycles. The van der Waals surface area contributed by atoms with E-state index in [0.717, 1.165) is 38.1 Å². The van der Waals surface area contributed by atoms with Gasteiger partial charge in [0.25, 0.3) is 0 Å². The molecule has 0 radical (unpaired) electrons. The fourth-order valence-electron chi connectivity index (χ4n) is 2.36. The molecule has 1 saturated heterocycles. The third kappa shape index (κ3) is 5.21. The molecule has 20 heavy (non-hydrogen) atoms. The summed E-state index contributed by atoms with van der Waals surface area (Å²) >= 11 is 0. The minimum atomic E-state index is 0.161. The molecule has 1 aromatic carbocycles. The van der Waals surface area contributed by atoms with E-state index < -0.39 is 0 Å². The number of carbonyl (C=O) groups is 1. The average molecular weight is 276 g/mol. The number of amides is 1. The first-order valence-corrected chi connectivity index (χ1v) is 7.43. The van der Waals surface area contributed by atoms with Crippen molar-refractivity contribution in [1.29, 1.82) is 0 Å². The normalized spacial score (nSPS) is 17.9. The van der Waals surface area contributed by atoms with Gasteiger partial charge in [0.1, 0.15) is 5.75 Å². The highest BCUT2D eigenvalue weighted by molar-refractivity contribution is 5.76. The van der Waals surface area contributed by atoms with Crippen molar-refractivity contribution in [2.75, 3.05) is 19.7 Å². The van der Waals surface area contributed by atoms with E-state index >= 15 is 0 Å². The van der Waals surface area contributed by atoms with Gasteiger partial charge in [0.15, 0.2) is 0 Å². The number of unbranched alkanes of at least 4 members (excludes halogenated alkanes) is 1. The van der Waals surface area contributed by atoms with Gasteiger partial charge in [-0.2, -0.15) is 0 Å². The zero-order chi connectivity index (χ0) is 14.2. The highest BCUT2D eigenvalue weighted by Crippen LogP contribution is 2.12. The molecule has 2 N–H and O–H groups in total. The maximum atomic E-state index is 11.7. The summed E-state index contributed by atoms with van der Waals surface area (Å²) < 4.78 is 5.66. The number of rotatable bonds is 7. The molecule has 0 spiro atoms. The predicted molar refractivity (Wildman–Crippen MR) is 79.9 cm³/mol. The summed E-state index contributed by atoms with van der Waals surface area (Å²) in [4.78, 5) is 11.7. The predicted octanol–water partition coefficient (Wildman–Crippen LogP) is 2.02. The summed E-state index contributed by atoms with van der Waals surface area (Å²) in [5.74, 6) is 1.07. The SMILES string of the molecule is Cc1cccc(OCCCCC(=O)NC2CCNC2)c1. The summed E-state index contributed by atoms with van der Waals surface area (Å²) in [7, 11) is 0. The van der Waals surface area contributed by atoms with Gasteiger partial charge in [0.05, 0.1) is 6.61 Å². The van der Waals surface area contributed by atoms with Crippen LogP contribution in [0, 0.1) is 6.92 Å². The zero-order valence-electron chi connectivity index (χ0n) is 12.2. The highest BCUT2D eigenvalue weighted by Gasteiger charge is 2.15. The summed E-state index contributed by atoms with van der Waals surface area (Å²) in [6.45, 7) is 4.63. The number of hydrogen-bond acceptors (Lipinski definition) is 3. The van der Waals surface area contributed by atoms with E-state index in [9.17, 15) is 4.79 Å². The molecule has 110 valence electrons. The third-order valence-corrected chi connectivity index (χ3v) is 3.48. The number of nitrogens with one attached hydrogen (secondary N) is 2. The molecule has 0 aliphatic carbocycles. The molecule has 0 bridgehead atoms. The van der Waals surface area contributed by atoms with Crippen LogP contribution in [0.2, 0.25) is 0 Å². The van der Waals surface area contributed by atoms with Crippen LogP contribution in [-0.4, -0.2) is 31.6 Å². The highest BCUT2D eigenvalue weighted by atomic mass is 16.5. The Labute approximate surface area is 120 Å². The maximum absolute atomic E-state index is 11.7. The first-order chi connectivity index (χ1) is 9.74. The van der Waals surface area contributed by atoms with Crippen molar-refractivity contribution >= 4 is 5.91 Å². The molecule has 4 heteroatoms. The lowest BCUT2D eigenvalue weighted by Crippen LogP contribution is -2.36. The van der Waals surface area contributed by atoms with Gasteiger partial charge in [0.2, 0.25) is 5.91 Å². The van der Waals surface area contributed by atoms with E-state index in [1.165, 1.54) is 5.56 Å². The van der Waals surface area contributed by atoms with Crippen molar-refractivity contribution in [3.63, 3.8) is 0 Å². The zero-order valence-corrected chi connectivity index (χ0v) is 12.2. The Morgan fingerprint density at radius 3 is 3.10 bits per heavy atom. The van der Waals surface area contributed by atoms with Gasteiger partial charge in [0, 0.05) is 19.0 Å². The van der Waals surface area contributed by atoms with Gasteiger partial charge >= 0.3 is 0 Å². The van der Waals surface area contributed by atoms with Gasteiger partial charge in [-0.05, 0) is 50.4 Å². The van der Waals surface area contributed by atoms with Gasteiger partial charge in [-0.15, -0.1) is 0 Å². The minimum absolute atomic E-state index is 0.161. The van der Waals surface area contributed by atoms with Crippen LogP contribution in [0.4, 0.5) is 0 Å². The van der Waals surface area contributed by atoms with Gasteiger partial charge < -0.3 is 15.4 Å². The number of carbonyl (C=O) groups excluding carboxylic acids is 1. The smallest absolute Gasteiger partial charge is 0.220 e. The van der Waals surface area contributed by atoms with Crippen molar-refractivity contribution in [2.24, 2.45) is 0 Å². The van der Waals surface area contributed by atoms with Crippen LogP contribution < -0.4 is 15.4 Å². The second-order valence-corrected chi connectivity index (χ2v) is 5.38. The van der Waals surface area contributed by atoms with Crippen LogP contribution in [0.25, 0.3) is 0 Å². The van der Waals surface area contributed by atoms with Crippen molar-refractivity contribution < 1.29 is 9.53 Å². The van der Waals surface area contributed by atoms with E-state index in [2.05, 4.69) is 23.6 Å². The van der Waals surface area contributed by atoms with Gasteiger partial charge in [-0.3, -0.25) is 4.79 Å². The molecule has 1 aromatic rings. The topological polar surface area (TPSA) is 50.4 Å². The summed E-state index contributed by atoms with van der Waals surface area (Å²) in [6.07, 6.45) is 3.41. The van der Waals surface area contributed by atoms with E-state index in [4.69, 9.17) is 4.74 Å². The van der Waals surface area contributed by atoms with Crippen molar-refractivity contribution in [1.82, 2.24) is 10.6 Å². The Kier molecular flexibility index (Phi) is 5.87. The molecule has 1 aliphatic rings. The first-order valence-electron chi connectivity index (χ1n) is 7.43. The Bertz CT molecular complexity index is 428. The molecule has 1 fully saturated rings. The molecular formula is C16H24N2O2. The van der Waals surface area contributed by atoms with Crippen molar-refractivity contribution in [3.05, 3.63) is 29.8 Å². The molecule has 0 saturated carbocycles. The van der Waals surface area contributed by atoms with E-state index in [1.807, 2.05) is 18.2 Å². The van der Waals surface area contributed by atoms with E-state index in [0.29, 0.717) is 19.1 Å². The van der Waals surface area contributed by atoms with Crippen LogP contribution in [0.1, 0.15) is 31.2 Å². The molecule has 4 nitrogen and oxygen atoms in total. The van der Waals surface area contributed by atoms with Crippen molar-refractivity contribution in [2.45, 2.75) is 38.6 Å². The van der Waals surface area contributed by atoms with Crippen LogP contribution in [0.15, 0.2) is 24.3 Å². The monoisotopic (exact) mass is 276 g/mol. The molecular weight excluding hydrogens is 252 g/mol. The van der Waals surface area contributed by atoms with Gasteiger partial charge in [-0.1, -0.05) is 12.1 Å². The van der Waals surface area contributed by atoms with Crippen LogP contribution in [-0.2, 0) is 4.79 Å². The molecule has 2 rings (SSSR count). The molecule has 0 aromatic heterocycles. The Morgan fingerprint density at radius 1 is 1.45 bits per heavy atom. The second-order valence-electron chi connectivity index (χ2n) is 5.38. The number of aryl methyl sites for hydroxylation is 1. The number of hydrogen-bond donors (Lipinski definition) is 2. The number of ether oxygens (including phenoxy) is 1. The largest absolute Gasteiger partial charge is 0.494 e. The third-order valence-electron chi connectivity index (χ3n) is 3.48. The lowest BCUT2D eigenvalue weighted by Gasteiger charge is -2.11. The lowest BCUT2D eigenvalue weighted by molar-refractivity contribution is -0.121. The quantitative estimate of drug-likeness (QED) is 0.749. The standard InChI is InChI=1S/C16H24N2O2/c1-13-5-4-6-15(11-13)20-10-3-2-7-16(19)18-14-8-9-17-12-14/h4-6,11,14,17H,2-3,7-10,12H2,1H3,(H,18,19). The van der Waals surface area contributed by atoms with E-state index in [1.54, 1.807) is 0 Å². The Balaban J connectivity index is 1.53. The summed E-state index contributed by atoms with van der Waals surface area (Å²) in [5, 5.41) is 6.29. The minimum Gasteiger partial charge on any atom is -0.494 e. The maximum Gasteiger partial charge on any atom is 0.220 e. The summed E-state index contributed by atoms with van der Waals surface area (Å²) in [6, 6.07) is 8.36. The molecule has 1 amide bonds. The van der Waals surface area contributed by atoms with Crippen LogP contribution in [0.3, 0.4) is 0 Å². The van der Waals surface area contributed by atoms with E-state index in [-0.39, 0.29) is 5.91 Å². The first kappa shape index (κ1) is 14.9. The Hall–Kier alpha value is -1.55. The molecule has 1 aliphatic heterocycles. The fraction of sp³-hybridized carbons (Fsp3) is 0.562. The fourth-order valence-corrected chi connectivity index (χ4v) is 2.36. The van der Waals surface area contributed by atoms with Crippen LogP contribution in [0.5, 0.6) is 5.75 Å². The molecule has 1 unspecified atom stereocenters. The van der Waals surface area contributed by atoms with Crippen molar-refractivity contribution in [3.8, 4) is 5.75 Å². The summed E-state index contributed by atoms with van der Waals surface area (Å²) in [5.41, 5.74) is 1.20. The lowest BCUT2D eigenvalue weighted by atomic mass is 10.2. The number of benzene rings is 1. The average Bonchev–Trinajstić information content (AvgIpc) is 2.91. The second kappa shape index (κ2) is 7.90. The van der Waals surface area contributed by atoms with Crippen LogP contribution >= 0.6 is 0 Å². The Morgan fingerprint density at radius 2 is 2.35 bits per heavy atom.